The zero-order valence-corrected chi connectivity index (χ0v) is 13.9. The van der Waals surface area contributed by atoms with E-state index in [0.717, 1.165) is 32.5 Å². The fraction of sp³-hybridized carbons (Fsp3) is 1.00. The summed E-state index contributed by atoms with van der Waals surface area (Å²) < 4.78 is 22.4. The van der Waals surface area contributed by atoms with Crippen molar-refractivity contribution in [2.24, 2.45) is 5.41 Å². The molecule has 4 nitrogen and oxygen atoms in total. The monoisotopic (exact) mass is 290 g/mol. The highest BCUT2D eigenvalue weighted by molar-refractivity contribution is 7.90. The Morgan fingerprint density at radius 2 is 1.95 bits per heavy atom. The van der Waals surface area contributed by atoms with Crippen molar-refractivity contribution in [1.29, 1.82) is 0 Å². The van der Waals surface area contributed by atoms with Crippen molar-refractivity contribution >= 4 is 9.84 Å². The van der Waals surface area contributed by atoms with Gasteiger partial charge in [-0.05, 0) is 38.3 Å². The second kappa shape index (κ2) is 6.55. The summed E-state index contributed by atoms with van der Waals surface area (Å²) in [6.07, 6.45) is 3.18. The van der Waals surface area contributed by atoms with Gasteiger partial charge in [0, 0.05) is 24.9 Å². The molecule has 0 amide bonds. The third-order valence-electron chi connectivity index (χ3n) is 4.00. The van der Waals surface area contributed by atoms with Gasteiger partial charge in [0.25, 0.3) is 0 Å². The molecule has 0 aromatic carbocycles. The van der Waals surface area contributed by atoms with Crippen LogP contribution in [0, 0.1) is 5.41 Å². The first-order chi connectivity index (χ1) is 8.59. The van der Waals surface area contributed by atoms with Crippen molar-refractivity contribution in [1.82, 2.24) is 10.2 Å². The van der Waals surface area contributed by atoms with Gasteiger partial charge in [-0.15, -0.1) is 0 Å². The summed E-state index contributed by atoms with van der Waals surface area (Å²) in [6, 6.07) is 0.995. The normalized spacial score (nSPS) is 27.2. The third kappa shape index (κ3) is 6.23. The van der Waals surface area contributed by atoms with Crippen molar-refractivity contribution in [3.63, 3.8) is 0 Å². The van der Waals surface area contributed by atoms with Crippen LogP contribution in [0.4, 0.5) is 0 Å². The fourth-order valence-electron chi connectivity index (χ4n) is 2.55. The zero-order chi connectivity index (χ0) is 14.7. The van der Waals surface area contributed by atoms with Gasteiger partial charge in [-0.25, -0.2) is 8.42 Å². The summed E-state index contributed by atoms with van der Waals surface area (Å²) in [7, 11) is -2.84. The third-order valence-corrected chi connectivity index (χ3v) is 5.03. The van der Waals surface area contributed by atoms with E-state index < -0.39 is 9.84 Å². The molecule has 5 heteroatoms. The van der Waals surface area contributed by atoms with Gasteiger partial charge in [0.05, 0.1) is 5.75 Å². The Kier molecular flexibility index (Phi) is 5.83. The fourth-order valence-corrected chi connectivity index (χ4v) is 3.20. The topological polar surface area (TPSA) is 49.4 Å². The van der Waals surface area contributed by atoms with Crippen molar-refractivity contribution in [2.75, 3.05) is 31.6 Å². The Bertz CT molecular complexity index is 373. The van der Waals surface area contributed by atoms with Crippen molar-refractivity contribution in [3.8, 4) is 0 Å². The first-order valence-electron chi connectivity index (χ1n) is 7.25. The second-order valence-electron chi connectivity index (χ2n) is 6.99. The van der Waals surface area contributed by atoms with Gasteiger partial charge >= 0.3 is 0 Å². The number of hydrogen-bond acceptors (Lipinski definition) is 4. The van der Waals surface area contributed by atoms with Gasteiger partial charge in [0.1, 0.15) is 9.84 Å². The van der Waals surface area contributed by atoms with E-state index in [1.807, 2.05) is 0 Å². The predicted molar refractivity (Wildman–Crippen MR) is 81.2 cm³/mol. The molecule has 1 aliphatic heterocycles. The van der Waals surface area contributed by atoms with Gasteiger partial charge in [-0.3, -0.25) is 4.90 Å². The minimum Gasteiger partial charge on any atom is -0.312 e. The number of nitrogens with one attached hydrogen (secondary N) is 1. The minimum atomic E-state index is -2.84. The van der Waals surface area contributed by atoms with E-state index in [0.29, 0.717) is 17.8 Å². The van der Waals surface area contributed by atoms with Crippen LogP contribution in [0.15, 0.2) is 0 Å². The summed E-state index contributed by atoms with van der Waals surface area (Å²) in [5.41, 5.74) is 0.235. The molecule has 1 fully saturated rings. The number of hydrogen-bond donors (Lipinski definition) is 1. The van der Waals surface area contributed by atoms with Gasteiger partial charge in [0.15, 0.2) is 0 Å². The molecule has 0 radical (unpaired) electrons. The average molecular weight is 290 g/mol. The molecule has 0 aromatic rings. The molecule has 0 saturated carbocycles. The van der Waals surface area contributed by atoms with Crippen LogP contribution in [0.25, 0.3) is 0 Å². The molecule has 0 aliphatic carbocycles. The lowest BCUT2D eigenvalue weighted by molar-refractivity contribution is 0.164. The molecule has 0 bridgehead atoms. The van der Waals surface area contributed by atoms with Gasteiger partial charge in [-0.2, -0.15) is 0 Å². The van der Waals surface area contributed by atoms with Crippen LogP contribution in [-0.2, 0) is 9.84 Å². The van der Waals surface area contributed by atoms with E-state index in [4.69, 9.17) is 0 Å². The highest BCUT2D eigenvalue weighted by Crippen LogP contribution is 2.23. The Morgan fingerprint density at radius 3 is 2.47 bits per heavy atom. The predicted octanol–water partition coefficient (Wildman–Crippen LogP) is 1.52. The molecule has 0 aromatic heterocycles. The summed E-state index contributed by atoms with van der Waals surface area (Å²) >= 11 is 0. The van der Waals surface area contributed by atoms with Crippen LogP contribution in [0.3, 0.4) is 0 Å². The lowest BCUT2D eigenvalue weighted by Crippen LogP contribution is -2.47. The van der Waals surface area contributed by atoms with Gasteiger partial charge in [0.2, 0.25) is 0 Å². The van der Waals surface area contributed by atoms with E-state index >= 15 is 0 Å². The van der Waals surface area contributed by atoms with E-state index in [-0.39, 0.29) is 5.41 Å². The van der Waals surface area contributed by atoms with Crippen LogP contribution in [0.2, 0.25) is 0 Å². The van der Waals surface area contributed by atoms with Gasteiger partial charge in [-0.1, -0.05) is 20.8 Å². The van der Waals surface area contributed by atoms with Gasteiger partial charge < -0.3 is 5.32 Å². The SMILES string of the molecule is CC1CCNC(C(C)(C)C)CN1CCCS(C)(=O)=O. The van der Waals surface area contributed by atoms with Crippen LogP contribution < -0.4 is 5.32 Å². The van der Waals surface area contributed by atoms with Crippen LogP contribution in [0.1, 0.15) is 40.5 Å². The molecule has 1 N–H and O–H groups in total. The Morgan fingerprint density at radius 1 is 1.32 bits per heavy atom. The van der Waals surface area contributed by atoms with Crippen molar-refractivity contribution < 1.29 is 8.42 Å². The van der Waals surface area contributed by atoms with Crippen molar-refractivity contribution in [3.05, 3.63) is 0 Å². The first-order valence-corrected chi connectivity index (χ1v) is 9.31. The van der Waals surface area contributed by atoms with E-state index in [9.17, 15) is 8.42 Å². The molecule has 19 heavy (non-hydrogen) atoms. The van der Waals surface area contributed by atoms with E-state index in [2.05, 4.69) is 37.9 Å². The standard InChI is InChI=1S/C14H30N2O2S/c1-12-7-8-15-13(14(2,3)4)11-16(12)9-6-10-19(5,17)18/h12-13,15H,6-11H2,1-5H3. The molecule has 114 valence electrons. The van der Waals surface area contributed by atoms with Crippen LogP contribution in [-0.4, -0.2) is 57.0 Å². The zero-order valence-electron chi connectivity index (χ0n) is 13.1. The highest BCUT2D eigenvalue weighted by atomic mass is 32.2. The summed E-state index contributed by atoms with van der Waals surface area (Å²) in [5, 5.41) is 3.63. The second-order valence-corrected chi connectivity index (χ2v) is 9.25. The number of rotatable bonds is 4. The summed E-state index contributed by atoms with van der Waals surface area (Å²) in [4.78, 5) is 2.45. The van der Waals surface area contributed by atoms with Crippen molar-refractivity contribution in [2.45, 2.75) is 52.6 Å². The molecular weight excluding hydrogens is 260 g/mol. The Balaban J connectivity index is 2.57. The maximum atomic E-state index is 11.2. The lowest BCUT2D eigenvalue weighted by Gasteiger charge is -2.35. The quantitative estimate of drug-likeness (QED) is 0.853. The molecule has 1 saturated heterocycles. The largest absolute Gasteiger partial charge is 0.312 e. The molecule has 1 heterocycles. The maximum absolute atomic E-state index is 11.2. The average Bonchev–Trinajstić information content (AvgIpc) is 2.39. The Hall–Kier alpha value is -0.130. The number of sulfone groups is 1. The maximum Gasteiger partial charge on any atom is 0.147 e. The molecule has 2 unspecified atom stereocenters. The minimum absolute atomic E-state index is 0.235. The molecule has 1 rings (SSSR count). The lowest BCUT2D eigenvalue weighted by atomic mass is 9.86. The van der Waals surface area contributed by atoms with E-state index in [1.165, 1.54) is 6.26 Å². The first kappa shape index (κ1) is 16.9. The molecule has 0 spiro atoms. The molecular formula is C14H30N2O2S. The summed E-state index contributed by atoms with van der Waals surface area (Å²) in [6.45, 7) is 12.0. The molecule has 2 atom stereocenters. The van der Waals surface area contributed by atoms with Crippen LogP contribution >= 0.6 is 0 Å². The molecule has 1 aliphatic rings. The highest BCUT2D eigenvalue weighted by Gasteiger charge is 2.30. The van der Waals surface area contributed by atoms with E-state index in [1.54, 1.807) is 0 Å². The van der Waals surface area contributed by atoms with Crippen LogP contribution in [0.5, 0.6) is 0 Å². The Labute approximate surface area is 118 Å². The number of nitrogens with zero attached hydrogens (tertiary/aromatic N) is 1. The smallest absolute Gasteiger partial charge is 0.147 e. The summed E-state index contributed by atoms with van der Waals surface area (Å²) in [5.74, 6) is 0.295.